The van der Waals surface area contributed by atoms with Gasteiger partial charge in [-0.1, -0.05) is 0 Å². The lowest BCUT2D eigenvalue weighted by Crippen LogP contribution is -2.39. The van der Waals surface area contributed by atoms with E-state index in [1.54, 1.807) is 6.92 Å². The van der Waals surface area contributed by atoms with Crippen LogP contribution < -0.4 is 11.1 Å². The molecule has 0 aliphatic carbocycles. The molecule has 1 aliphatic heterocycles. The van der Waals surface area contributed by atoms with E-state index in [1.165, 1.54) is 0 Å². The van der Waals surface area contributed by atoms with Crippen LogP contribution in [0.4, 0.5) is 0 Å². The first-order valence-electron chi connectivity index (χ1n) is 5.27. The van der Waals surface area contributed by atoms with Crippen molar-refractivity contribution in [3.63, 3.8) is 0 Å². The smallest absolute Gasteiger partial charge is 0.235 e. The van der Waals surface area contributed by atoms with Gasteiger partial charge in [0, 0.05) is 19.7 Å². The van der Waals surface area contributed by atoms with Crippen LogP contribution >= 0.6 is 0 Å². The van der Waals surface area contributed by atoms with E-state index in [4.69, 9.17) is 10.5 Å². The number of amides is 1. The zero-order valence-electron chi connectivity index (χ0n) is 9.31. The fourth-order valence-electron chi connectivity index (χ4n) is 1.74. The molecule has 1 saturated heterocycles. The fourth-order valence-corrected chi connectivity index (χ4v) is 3.54. The highest BCUT2D eigenvalue weighted by Gasteiger charge is 2.36. The summed E-state index contributed by atoms with van der Waals surface area (Å²) in [6.45, 7) is 2.75. The zero-order chi connectivity index (χ0) is 12.2. The van der Waals surface area contributed by atoms with Crippen LogP contribution in [-0.2, 0) is 19.4 Å². The molecular formula is C9H18N2O4S. The minimum absolute atomic E-state index is 0.297. The van der Waals surface area contributed by atoms with Gasteiger partial charge in [-0.3, -0.25) is 4.79 Å². The maximum Gasteiger partial charge on any atom is 0.235 e. The Labute approximate surface area is 95.4 Å². The van der Waals surface area contributed by atoms with E-state index >= 15 is 0 Å². The Kier molecular flexibility index (Phi) is 4.69. The van der Waals surface area contributed by atoms with E-state index in [0.717, 1.165) is 0 Å². The molecule has 0 saturated carbocycles. The number of carbonyl (C=O) groups excluding carboxylic acids is 1. The van der Waals surface area contributed by atoms with Crippen molar-refractivity contribution in [1.82, 2.24) is 5.32 Å². The molecule has 2 unspecified atom stereocenters. The molecule has 16 heavy (non-hydrogen) atoms. The topological polar surface area (TPSA) is 98.5 Å². The third-order valence-corrected chi connectivity index (χ3v) is 4.77. The predicted octanol–water partition coefficient (Wildman–Crippen LogP) is -1.35. The SMILES string of the molecule is CC1OCCC1S(=O)(=O)CC(=O)NCCN. The van der Waals surface area contributed by atoms with Crippen molar-refractivity contribution in [1.29, 1.82) is 0 Å². The summed E-state index contributed by atoms with van der Waals surface area (Å²) in [4.78, 5) is 11.3. The highest BCUT2D eigenvalue weighted by molar-refractivity contribution is 7.92. The van der Waals surface area contributed by atoms with Crippen molar-refractivity contribution in [3.8, 4) is 0 Å². The van der Waals surface area contributed by atoms with Gasteiger partial charge >= 0.3 is 0 Å². The lowest BCUT2D eigenvalue weighted by molar-refractivity contribution is -0.118. The minimum Gasteiger partial charge on any atom is -0.377 e. The summed E-state index contributed by atoms with van der Waals surface area (Å²) >= 11 is 0. The van der Waals surface area contributed by atoms with Crippen LogP contribution in [0.2, 0.25) is 0 Å². The van der Waals surface area contributed by atoms with Crippen LogP contribution in [0.5, 0.6) is 0 Å². The summed E-state index contributed by atoms with van der Waals surface area (Å²) in [5.41, 5.74) is 5.20. The number of ether oxygens (including phenoxy) is 1. The van der Waals surface area contributed by atoms with Crippen LogP contribution in [0.25, 0.3) is 0 Å². The fraction of sp³-hybridized carbons (Fsp3) is 0.889. The zero-order valence-corrected chi connectivity index (χ0v) is 10.1. The van der Waals surface area contributed by atoms with Gasteiger partial charge in [0.2, 0.25) is 5.91 Å². The predicted molar refractivity (Wildman–Crippen MR) is 59.7 cm³/mol. The van der Waals surface area contributed by atoms with Crippen molar-refractivity contribution in [2.75, 3.05) is 25.4 Å². The van der Waals surface area contributed by atoms with E-state index in [0.29, 0.717) is 26.1 Å². The lowest BCUT2D eigenvalue weighted by atomic mass is 10.3. The van der Waals surface area contributed by atoms with Gasteiger partial charge in [-0.25, -0.2) is 8.42 Å². The van der Waals surface area contributed by atoms with Gasteiger partial charge in [0.15, 0.2) is 9.84 Å². The number of hydrogen-bond acceptors (Lipinski definition) is 5. The maximum absolute atomic E-state index is 11.8. The quantitative estimate of drug-likeness (QED) is 0.629. The summed E-state index contributed by atoms with van der Waals surface area (Å²) in [5.74, 6) is -0.977. The highest BCUT2D eigenvalue weighted by atomic mass is 32.2. The molecule has 6 nitrogen and oxygen atoms in total. The molecule has 0 bridgehead atoms. The van der Waals surface area contributed by atoms with Crippen molar-refractivity contribution >= 4 is 15.7 Å². The van der Waals surface area contributed by atoms with E-state index in [9.17, 15) is 13.2 Å². The molecule has 7 heteroatoms. The van der Waals surface area contributed by atoms with Gasteiger partial charge in [0.05, 0.1) is 11.4 Å². The minimum atomic E-state index is -3.42. The van der Waals surface area contributed by atoms with Gasteiger partial charge in [0.25, 0.3) is 0 Å². The van der Waals surface area contributed by atoms with E-state index < -0.39 is 26.7 Å². The number of sulfone groups is 1. The van der Waals surface area contributed by atoms with Crippen LogP contribution in [0.15, 0.2) is 0 Å². The van der Waals surface area contributed by atoms with Crippen molar-refractivity contribution in [2.24, 2.45) is 5.73 Å². The Morgan fingerprint density at radius 2 is 2.25 bits per heavy atom. The Morgan fingerprint density at radius 3 is 2.75 bits per heavy atom. The van der Waals surface area contributed by atoms with E-state index in [-0.39, 0.29) is 6.10 Å². The number of rotatable bonds is 5. The van der Waals surface area contributed by atoms with Gasteiger partial charge in [-0.05, 0) is 13.3 Å². The van der Waals surface area contributed by atoms with E-state index in [2.05, 4.69) is 5.32 Å². The summed E-state index contributed by atoms with van der Waals surface area (Å²) in [7, 11) is -3.42. The molecule has 0 radical (unpaired) electrons. The number of carbonyl (C=O) groups is 1. The van der Waals surface area contributed by atoms with Crippen molar-refractivity contribution < 1.29 is 17.9 Å². The summed E-state index contributed by atoms with van der Waals surface area (Å²) in [6, 6.07) is 0. The van der Waals surface area contributed by atoms with Gasteiger partial charge in [-0.15, -0.1) is 0 Å². The highest BCUT2D eigenvalue weighted by Crippen LogP contribution is 2.21. The number of nitrogens with one attached hydrogen (secondary N) is 1. The molecule has 2 atom stereocenters. The number of nitrogens with two attached hydrogens (primary N) is 1. The Morgan fingerprint density at radius 1 is 1.56 bits per heavy atom. The molecule has 1 rings (SSSR count). The Hall–Kier alpha value is -0.660. The third kappa shape index (κ3) is 3.43. The summed E-state index contributed by atoms with van der Waals surface area (Å²) in [5, 5.41) is 1.88. The lowest BCUT2D eigenvalue weighted by Gasteiger charge is -2.14. The standard InChI is InChI=1S/C9H18N2O4S/c1-7-8(2-5-15-7)16(13,14)6-9(12)11-4-3-10/h7-8H,2-6,10H2,1H3,(H,11,12). The van der Waals surface area contributed by atoms with Crippen molar-refractivity contribution in [2.45, 2.75) is 24.7 Å². The average Bonchev–Trinajstić information content (AvgIpc) is 2.61. The van der Waals surface area contributed by atoms with Gasteiger partial charge < -0.3 is 15.8 Å². The second kappa shape index (κ2) is 5.60. The van der Waals surface area contributed by atoms with Crippen molar-refractivity contribution in [3.05, 3.63) is 0 Å². The van der Waals surface area contributed by atoms with Crippen LogP contribution in [0, 0.1) is 0 Å². The first kappa shape index (κ1) is 13.4. The van der Waals surface area contributed by atoms with Crippen LogP contribution in [0.3, 0.4) is 0 Å². The van der Waals surface area contributed by atoms with Crippen LogP contribution in [0.1, 0.15) is 13.3 Å². The largest absolute Gasteiger partial charge is 0.377 e. The molecule has 0 aromatic heterocycles. The first-order chi connectivity index (χ1) is 7.47. The average molecular weight is 250 g/mol. The molecule has 1 fully saturated rings. The molecule has 3 N–H and O–H groups in total. The second-order valence-electron chi connectivity index (χ2n) is 3.85. The molecule has 1 amide bonds. The summed E-state index contributed by atoms with van der Waals surface area (Å²) in [6.07, 6.45) is 0.139. The Balaban J connectivity index is 2.54. The first-order valence-corrected chi connectivity index (χ1v) is 6.99. The maximum atomic E-state index is 11.8. The molecule has 0 spiro atoms. The molecule has 1 aliphatic rings. The monoisotopic (exact) mass is 250 g/mol. The van der Waals surface area contributed by atoms with E-state index in [1.807, 2.05) is 0 Å². The molecule has 1 heterocycles. The summed E-state index contributed by atoms with van der Waals surface area (Å²) < 4.78 is 28.9. The normalized spacial score (nSPS) is 25.6. The Bertz CT molecular complexity index is 341. The molecule has 94 valence electrons. The van der Waals surface area contributed by atoms with Gasteiger partial charge in [-0.2, -0.15) is 0 Å². The third-order valence-electron chi connectivity index (χ3n) is 2.57. The van der Waals surface area contributed by atoms with Crippen LogP contribution in [-0.4, -0.2) is 51.1 Å². The number of hydrogen-bond donors (Lipinski definition) is 2. The molecule has 0 aromatic rings. The molecular weight excluding hydrogens is 232 g/mol. The second-order valence-corrected chi connectivity index (χ2v) is 6.07. The molecule has 0 aromatic carbocycles. The van der Waals surface area contributed by atoms with Gasteiger partial charge in [0.1, 0.15) is 5.75 Å².